The second-order valence-corrected chi connectivity index (χ2v) is 9.62. The minimum atomic E-state index is 0.0975. The molecule has 7 heteroatoms. The summed E-state index contributed by atoms with van der Waals surface area (Å²) < 4.78 is 5.81. The summed E-state index contributed by atoms with van der Waals surface area (Å²) in [5, 5.41) is 8.77. The fourth-order valence-corrected chi connectivity index (χ4v) is 5.31. The van der Waals surface area contributed by atoms with Crippen LogP contribution in [0.15, 0.2) is 15.7 Å². The van der Waals surface area contributed by atoms with Gasteiger partial charge < -0.3 is 9.32 Å². The SMILES string of the molecule is CC(C)N(C(=O)CSc1nnc(-c2cc3c(s2)CC[C@@H](C)C3)o1)C(C)C. The van der Waals surface area contributed by atoms with Gasteiger partial charge in [0, 0.05) is 17.0 Å². The Bertz CT molecular complexity index is 759. The Kier molecular flexibility index (Phi) is 6.07. The van der Waals surface area contributed by atoms with Crippen molar-refractivity contribution in [2.75, 3.05) is 5.75 Å². The number of hydrogen-bond acceptors (Lipinski definition) is 6. The van der Waals surface area contributed by atoms with Crippen LogP contribution in [0.25, 0.3) is 10.8 Å². The van der Waals surface area contributed by atoms with E-state index in [2.05, 4.69) is 23.2 Å². The highest BCUT2D eigenvalue weighted by atomic mass is 32.2. The molecule has 0 saturated carbocycles. The highest BCUT2D eigenvalue weighted by Gasteiger charge is 2.23. The van der Waals surface area contributed by atoms with Crippen molar-refractivity contribution in [3.05, 3.63) is 16.5 Å². The van der Waals surface area contributed by atoms with Crippen LogP contribution in [0.1, 0.15) is 51.5 Å². The molecule has 1 aliphatic carbocycles. The van der Waals surface area contributed by atoms with Crippen LogP contribution in [-0.4, -0.2) is 38.8 Å². The van der Waals surface area contributed by atoms with Crippen LogP contribution in [0.5, 0.6) is 0 Å². The molecule has 2 heterocycles. The minimum absolute atomic E-state index is 0.0975. The summed E-state index contributed by atoms with van der Waals surface area (Å²) >= 11 is 3.08. The Labute approximate surface area is 163 Å². The lowest BCUT2D eigenvalue weighted by Gasteiger charge is -2.30. The van der Waals surface area contributed by atoms with Gasteiger partial charge in [-0.3, -0.25) is 4.79 Å². The van der Waals surface area contributed by atoms with E-state index in [1.807, 2.05) is 32.6 Å². The first-order valence-electron chi connectivity index (χ1n) is 9.24. The molecule has 0 fully saturated rings. The standard InChI is InChI=1S/C19H27N3O2S2/c1-11(2)22(12(3)4)17(23)10-25-19-21-20-18(24-19)16-9-14-8-13(5)6-7-15(14)26-16/h9,11-13H,6-8,10H2,1-5H3/t13-/m1/s1. The van der Waals surface area contributed by atoms with Gasteiger partial charge in [0.25, 0.3) is 11.1 Å². The molecule has 1 aliphatic rings. The second-order valence-electron chi connectivity index (χ2n) is 7.56. The van der Waals surface area contributed by atoms with E-state index in [0.717, 1.165) is 23.6 Å². The van der Waals surface area contributed by atoms with Crippen molar-refractivity contribution in [1.29, 1.82) is 0 Å². The molecule has 3 rings (SSSR count). The number of amides is 1. The van der Waals surface area contributed by atoms with Gasteiger partial charge in [0.15, 0.2) is 0 Å². The summed E-state index contributed by atoms with van der Waals surface area (Å²) in [5.74, 6) is 1.72. The number of thioether (sulfide) groups is 1. The molecule has 0 N–H and O–H groups in total. The smallest absolute Gasteiger partial charge is 0.277 e. The van der Waals surface area contributed by atoms with E-state index < -0.39 is 0 Å². The maximum absolute atomic E-state index is 12.5. The van der Waals surface area contributed by atoms with Gasteiger partial charge in [-0.2, -0.15) is 0 Å². The Balaban J connectivity index is 1.64. The van der Waals surface area contributed by atoms with Gasteiger partial charge in [-0.1, -0.05) is 18.7 Å². The zero-order chi connectivity index (χ0) is 18.8. The number of rotatable bonds is 6. The average Bonchev–Trinajstić information content (AvgIpc) is 3.18. The van der Waals surface area contributed by atoms with Crippen molar-refractivity contribution in [1.82, 2.24) is 15.1 Å². The van der Waals surface area contributed by atoms with Gasteiger partial charge in [-0.15, -0.1) is 21.5 Å². The van der Waals surface area contributed by atoms with E-state index in [0.29, 0.717) is 16.9 Å². The summed E-state index contributed by atoms with van der Waals surface area (Å²) in [6, 6.07) is 2.56. The zero-order valence-electron chi connectivity index (χ0n) is 16.1. The number of fused-ring (bicyclic) bond motifs is 1. The normalized spacial score (nSPS) is 17.0. The molecule has 26 heavy (non-hydrogen) atoms. The van der Waals surface area contributed by atoms with Crippen LogP contribution >= 0.6 is 23.1 Å². The number of hydrogen-bond donors (Lipinski definition) is 0. The van der Waals surface area contributed by atoms with E-state index >= 15 is 0 Å². The Morgan fingerprint density at radius 3 is 2.77 bits per heavy atom. The first kappa shape index (κ1) is 19.4. The lowest BCUT2D eigenvalue weighted by Crippen LogP contribution is -2.43. The van der Waals surface area contributed by atoms with Crippen LogP contribution in [0, 0.1) is 5.92 Å². The van der Waals surface area contributed by atoms with E-state index in [1.165, 1.54) is 28.6 Å². The van der Waals surface area contributed by atoms with Gasteiger partial charge in [0.2, 0.25) is 5.91 Å². The molecule has 1 amide bonds. The minimum Gasteiger partial charge on any atom is -0.410 e. The number of aromatic nitrogens is 2. The lowest BCUT2D eigenvalue weighted by atomic mass is 9.90. The largest absolute Gasteiger partial charge is 0.410 e. The zero-order valence-corrected chi connectivity index (χ0v) is 17.7. The molecule has 2 aromatic rings. The Morgan fingerprint density at radius 1 is 1.35 bits per heavy atom. The molecule has 0 saturated heterocycles. The fourth-order valence-electron chi connectivity index (χ4n) is 3.55. The van der Waals surface area contributed by atoms with Crippen molar-refractivity contribution in [2.24, 2.45) is 5.92 Å². The number of carbonyl (C=O) groups is 1. The molecule has 5 nitrogen and oxygen atoms in total. The summed E-state index contributed by atoms with van der Waals surface area (Å²) in [6.07, 6.45) is 3.53. The van der Waals surface area contributed by atoms with Crippen LogP contribution in [-0.2, 0) is 17.6 Å². The molecule has 0 bridgehead atoms. The quantitative estimate of drug-likeness (QED) is 0.668. The molecule has 0 radical (unpaired) electrons. The number of carbonyl (C=O) groups excluding carboxylic acids is 1. The molecule has 142 valence electrons. The third kappa shape index (κ3) is 4.31. The number of aryl methyl sites for hydroxylation is 1. The summed E-state index contributed by atoms with van der Waals surface area (Å²) in [6.45, 7) is 10.4. The monoisotopic (exact) mass is 393 g/mol. The summed E-state index contributed by atoms with van der Waals surface area (Å²) in [7, 11) is 0. The predicted molar refractivity (Wildman–Crippen MR) is 107 cm³/mol. The van der Waals surface area contributed by atoms with Gasteiger partial charge in [-0.05, 0) is 64.5 Å². The van der Waals surface area contributed by atoms with Gasteiger partial charge in [-0.25, -0.2) is 0 Å². The van der Waals surface area contributed by atoms with Crippen LogP contribution in [0.2, 0.25) is 0 Å². The molecule has 2 aromatic heterocycles. The van der Waals surface area contributed by atoms with E-state index in [1.54, 1.807) is 11.3 Å². The van der Waals surface area contributed by atoms with Crippen molar-refractivity contribution in [2.45, 2.75) is 71.2 Å². The van der Waals surface area contributed by atoms with Crippen molar-refractivity contribution >= 4 is 29.0 Å². The first-order chi connectivity index (χ1) is 12.3. The summed E-state index contributed by atoms with van der Waals surface area (Å²) in [4.78, 5) is 16.8. The maximum atomic E-state index is 12.5. The molecule has 0 aliphatic heterocycles. The molecule has 0 spiro atoms. The molecule has 0 aromatic carbocycles. The highest BCUT2D eigenvalue weighted by molar-refractivity contribution is 7.99. The molecule has 0 unspecified atom stereocenters. The average molecular weight is 394 g/mol. The number of nitrogens with zero attached hydrogens (tertiary/aromatic N) is 3. The predicted octanol–water partition coefficient (Wildman–Crippen LogP) is 4.66. The lowest BCUT2D eigenvalue weighted by molar-refractivity contribution is -0.131. The van der Waals surface area contributed by atoms with Crippen molar-refractivity contribution in [3.63, 3.8) is 0 Å². The third-order valence-electron chi connectivity index (χ3n) is 4.67. The molecular weight excluding hydrogens is 366 g/mol. The van der Waals surface area contributed by atoms with E-state index in [4.69, 9.17) is 4.42 Å². The van der Waals surface area contributed by atoms with Gasteiger partial charge in [0.05, 0.1) is 10.6 Å². The highest BCUT2D eigenvalue weighted by Crippen LogP contribution is 2.37. The first-order valence-corrected chi connectivity index (χ1v) is 11.0. The van der Waals surface area contributed by atoms with Crippen molar-refractivity contribution in [3.8, 4) is 10.8 Å². The fraction of sp³-hybridized carbons (Fsp3) is 0.632. The molecule has 1 atom stereocenters. The van der Waals surface area contributed by atoms with Crippen LogP contribution < -0.4 is 0 Å². The number of thiophene rings is 1. The van der Waals surface area contributed by atoms with Crippen LogP contribution in [0.3, 0.4) is 0 Å². The van der Waals surface area contributed by atoms with E-state index in [9.17, 15) is 4.79 Å². The van der Waals surface area contributed by atoms with Gasteiger partial charge >= 0.3 is 0 Å². The second kappa shape index (κ2) is 8.13. The molecular formula is C19H27N3O2S2. The summed E-state index contributed by atoms with van der Waals surface area (Å²) in [5.41, 5.74) is 1.43. The Hall–Kier alpha value is -1.34. The Morgan fingerprint density at radius 2 is 2.08 bits per heavy atom. The topological polar surface area (TPSA) is 59.2 Å². The van der Waals surface area contributed by atoms with Crippen molar-refractivity contribution < 1.29 is 9.21 Å². The third-order valence-corrected chi connectivity index (χ3v) is 6.69. The van der Waals surface area contributed by atoms with E-state index in [-0.39, 0.29) is 18.0 Å². The van der Waals surface area contributed by atoms with Crippen LogP contribution in [0.4, 0.5) is 0 Å². The maximum Gasteiger partial charge on any atom is 0.277 e. The van der Waals surface area contributed by atoms with Gasteiger partial charge in [0.1, 0.15) is 0 Å².